The molecule has 4 amide bonds. The third-order valence-electron chi connectivity index (χ3n) is 5.70. The number of imide groups is 1. The number of hydrogen-bond donors (Lipinski definition) is 2. The summed E-state index contributed by atoms with van der Waals surface area (Å²) < 4.78 is 42.8. The van der Waals surface area contributed by atoms with Gasteiger partial charge in [-0.25, -0.2) is 14.7 Å². The molecule has 2 heterocycles. The molecule has 1 fully saturated rings. The van der Waals surface area contributed by atoms with Crippen LogP contribution in [0.4, 0.5) is 29.5 Å². The first-order valence-corrected chi connectivity index (χ1v) is 11.8. The van der Waals surface area contributed by atoms with Gasteiger partial charge in [0.1, 0.15) is 17.6 Å². The number of ether oxygens (including phenoxy) is 1. The maximum absolute atomic E-state index is 13.1. The maximum Gasteiger partial charge on any atom is 0.446 e. The first-order valence-electron chi connectivity index (χ1n) is 11.0. The molecule has 0 bridgehead atoms. The average molecular weight is 531 g/mol. The number of nitrogens with zero attached hydrogens (tertiary/aromatic N) is 2. The number of amides is 4. The molecule has 12 heteroatoms. The van der Waals surface area contributed by atoms with Crippen molar-refractivity contribution in [1.29, 1.82) is 0 Å². The summed E-state index contributed by atoms with van der Waals surface area (Å²) in [4.78, 5) is 43.3. The van der Waals surface area contributed by atoms with Crippen molar-refractivity contribution >= 4 is 41.1 Å². The lowest BCUT2D eigenvalue weighted by molar-refractivity contribution is -0.118. The lowest BCUT2D eigenvalue weighted by Crippen LogP contribution is -2.35. The Bertz CT molecular complexity index is 1320. The Balaban J connectivity index is 1.46. The quantitative estimate of drug-likeness (QED) is 0.322. The van der Waals surface area contributed by atoms with Crippen molar-refractivity contribution in [3.05, 3.63) is 78.0 Å². The first-order chi connectivity index (χ1) is 17.6. The molecule has 0 radical (unpaired) electrons. The number of rotatable bonds is 7. The lowest BCUT2D eigenvalue weighted by Gasteiger charge is -2.19. The van der Waals surface area contributed by atoms with Crippen LogP contribution in [-0.4, -0.2) is 41.5 Å². The van der Waals surface area contributed by atoms with E-state index in [1.165, 1.54) is 37.6 Å². The number of methoxy groups -OCH3 is 1. The fourth-order valence-electron chi connectivity index (χ4n) is 3.80. The van der Waals surface area contributed by atoms with Crippen LogP contribution in [0.2, 0.25) is 0 Å². The van der Waals surface area contributed by atoms with Crippen molar-refractivity contribution in [1.82, 2.24) is 10.3 Å². The topological polar surface area (TPSA) is 101 Å². The Morgan fingerprint density at radius 1 is 1.11 bits per heavy atom. The fraction of sp³-hybridized carbons (Fsp3) is 0.200. The number of nitrogens with one attached hydrogen (secondary N) is 2. The molecule has 8 nitrogen and oxygen atoms in total. The molecule has 1 saturated heterocycles. The minimum atomic E-state index is -4.44. The van der Waals surface area contributed by atoms with Crippen LogP contribution in [0, 0.1) is 0 Å². The second-order valence-electron chi connectivity index (χ2n) is 8.09. The molecule has 37 heavy (non-hydrogen) atoms. The smallest absolute Gasteiger partial charge is 0.446 e. The van der Waals surface area contributed by atoms with E-state index in [4.69, 9.17) is 4.74 Å². The highest BCUT2D eigenvalue weighted by Gasteiger charge is 2.42. The zero-order valence-electron chi connectivity index (χ0n) is 19.6. The van der Waals surface area contributed by atoms with Crippen LogP contribution in [0.5, 0.6) is 5.75 Å². The van der Waals surface area contributed by atoms with Crippen LogP contribution in [0.15, 0.2) is 71.8 Å². The van der Waals surface area contributed by atoms with Crippen molar-refractivity contribution in [2.45, 2.75) is 29.3 Å². The molecular weight excluding hydrogens is 509 g/mol. The molecule has 2 aromatic carbocycles. The number of anilines is 2. The third kappa shape index (κ3) is 6.02. The number of aromatic nitrogens is 1. The minimum Gasteiger partial charge on any atom is -0.497 e. The normalized spacial score (nSPS) is 16.4. The van der Waals surface area contributed by atoms with Crippen molar-refractivity contribution in [2.75, 3.05) is 17.3 Å². The molecule has 0 aliphatic carbocycles. The van der Waals surface area contributed by atoms with Gasteiger partial charge in [0.25, 0.3) is 11.8 Å². The van der Waals surface area contributed by atoms with Gasteiger partial charge in [0.15, 0.2) is 0 Å². The third-order valence-corrected chi connectivity index (χ3v) is 6.44. The van der Waals surface area contributed by atoms with Gasteiger partial charge >= 0.3 is 11.5 Å². The molecule has 0 spiro atoms. The molecule has 3 aromatic rings. The standard InChI is InChI=1S/C25H21F3N4O4S/c1-14(16-11-12-29-20(13-16)30-22(33)15-3-7-18(36-2)8-4-15)21-23(34)32(24(35)31-21)17-5-9-19(10-6-17)37-25(26,27)28/h3-14,21H,1-2H3,(H,31,35)(H,29,30,33). The van der Waals surface area contributed by atoms with Crippen LogP contribution >= 0.6 is 11.8 Å². The van der Waals surface area contributed by atoms with Gasteiger partial charge in [0.05, 0.1) is 12.8 Å². The highest BCUT2D eigenvalue weighted by Crippen LogP contribution is 2.38. The van der Waals surface area contributed by atoms with Crippen LogP contribution in [0.3, 0.4) is 0 Å². The number of pyridine rings is 1. The van der Waals surface area contributed by atoms with E-state index in [2.05, 4.69) is 15.6 Å². The molecule has 0 saturated carbocycles. The average Bonchev–Trinajstić information content (AvgIpc) is 3.17. The van der Waals surface area contributed by atoms with E-state index < -0.39 is 29.4 Å². The molecule has 2 N–H and O–H groups in total. The molecule has 4 rings (SSSR count). The van der Waals surface area contributed by atoms with Crippen molar-refractivity contribution < 1.29 is 32.3 Å². The zero-order valence-corrected chi connectivity index (χ0v) is 20.4. The van der Waals surface area contributed by atoms with E-state index in [-0.39, 0.29) is 34.1 Å². The molecule has 1 aromatic heterocycles. The zero-order chi connectivity index (χ0) is 26.7. The Labute approximate surface area is 214 Å². The van der Waals surface area contributed by atoms with Gasteiger partial charge in [-0.05, 0) is 78.0 Å². The van der Waals surface area contributed by atoms with Crippen LogP contribution in [0.25, 0.3) is 0 Å². The molecule has 1 aliphatic rings. The summed E-state index contributed by atoms with van der Waals surface area (Å²) in [5.41, 5.74) is -3.25. The second-order valence-corrected chi connectivity index (χ2v) is 9.23. The fourth-order valence-corrected chi connectivity index (χ4v) is 4.34. The number of hydrogen-bond acceptors (Lipinski definition) is 6. The monoisotopic (exact) mass is 530 g/mol. The van der Waals surface area contributed by atoms with E-state index in [9.17, 15) is 27.6 Å². The van der Waals surface area contributed by atoms with Crippen LogP contribution in [0.1, 0.15) is 28.8 Å². The SMILES string of the molecule is COc1ccc(C(=O)Nc2cc(C(C)C3NC(=O)N(c4ccc(SC(F)(F)F)cc4)C3=O)ccn2)cc1. The number of carbonyl (C=O) groups excluding carboxylic acids is 3. The highest BCUT2D eigenvalue weighted by atomic mass is 32.2. The molecule has 2 atom stereocenters. The van der Waals surface area contributed by atoms with Gasteiger partial charge in [-0.15, -0.1) is 0 Å². The summed E-state index contributed by atoms with van der Waals surface area (Å²) in [7, 11) is 1.52. The summed E-state index contributed by atoms with van der Waals surface area (Å²) in [6.45, 7) is 1.74. The second kappa shape index (κ2) is 10.5. The largest absolute Gasteiger partial charge is 0.497 e. The Hall–Kier alpha value is -4.06. The molecule has 2 unspecified atom stereocenters. The predicted molar refractivity (Wildman–Crippen MR) is 132 cm³/mol. The lowest BCUT2D eigenvalue weighted by atomic mass is 9.94. The number of benzene rings is 2. The molecule has 192 valence electrons. The van der Waals surface area contributed by atoms with Gasteiger partial charge in [-0.1, -0.05) is 6.92 Å². The summed E-state index contributed by atoms with van der Waals surface area (Å²) in [6.07, 6.45) is 1.48. The van der Waals surface area contributed by atoms with E-state index in [1.807, 2.05) is 0 Å². The van der Waals surface area contributed by atoms with Gasteiger partial charge < -0.3 is 15.4 Å². The predicted octanol–water partition coefficient (Wildman–Crippen LogP) is 5.18. The van der Waals surface area contributed by atoms with E-state index in [1.54, 1.807) is 43.3 Å². The summed E-state index contributed by atoms with van der Waals surface area (Å²) in [5, 5.41) is 5.33. The van der Waals surface area contributed by atoms with E-state index in [0.717, 1.165) is 4.90 Å². The van der Waals surface area contributed by atoms with Gasteiger partial charge in [-0.2, -0.15) is 13.2 Å². The molecule has 1 aliphatic heterocycles. The van der Waals surface area contributed by atoms with Crippen LogP contribution in [-0.2, 0) is 4.79 Å². The Kier molecular flexibility index (Phi) is 7.39. The van der Waals surface area contributed by atoms with E-state index in [0.29, 0.717) is 16.9 Å². The Morgan fingerprint density at radius 3 is 2.41 bits per heavy atom. The summed E-state index contributed by atoms with van der Waals surface area (Å²) >= 11 is -0.284. The number of halogens is 3. The van der Waals surface area contributed by atoms with Crippen LogP contribution < -0.4 is 20.3 Å². The summed E-state index contributed by atoms with van der Waals surface area (Å²) in [6, 6.07) is 13.2. The van der Waals surface area contributed by atoms with E-state index >= 15 is 0 Å². The highest BCUT2D eigenvalue weighted by molar-refractivity contribution is 8.00. The summed E-state index contributed by atoms with van der Waals surface area (Å²) in [5.74, 6) is -0.561. The molecular formula is C25H21F3N4O4S. The van der Waals surface area contributed by atoms with Gasteiger partial charge in [0, 0.05) is 22.6 Å². The van der Waals surface area contributed by atoms with Gasteiger partial charge in [0.2, 0.25) is 0 Å². The van der Waals surface area contributed by atoms with Crippen molar-refractivity contribution in [2.24, 2.45) is 0 Å². The number of alkyl halides is 3. The number of carbonyl (C=O) groups is 3. The number of urea groups is 1. The first kappa shape index (κ1) is 26.0. The van der Waals surface area contributed by atoms with Crippen molar-refractivity contribution in [3.63, 3.8) is 0 Å². The van der Waals surface area contributed by atoms with Gasteiger partial charge in [-0.3, -0.25) is 9.59 Å². The maximum atomic E-state index is 13.1. The number of thioether (sulfide) groups is 1. The van der Waals surface area contributed by atoms with Crippen molar-refractivity contribution in [3.8, 4) is 5.75 Å². The Morgan fingerprint density at radius 2 is 1.78 bits per heavy atom. The minimum absolute atomic E-state index is 0.0609.